The predicted molar refractivity (Wildman–Crippen MR) is 142 cm³/mol. The number of allylic oxidation sites excluding steroid dienone is 1. The summed E-state index contributed by atoms with van der Waals surface area (Å²) in [5.74, 6) is -1.41. The number of methoxy groups -OCH3 is 1. The molecular formula is C28H31FN4O4. The fourth-order valence-corrected chi connectivity index (χ4v) is 4.81. The van der Waals surface area contributed by atoms with Gasteiger partial charge in [-0.3, -0.25) is 9.59 Å². The number of imide groups is 1. The average Bonchev–Trinajstić information content (AvgIpc) is 3.10. The van der Waals surface area contributed by atoms with Crippen LogP contribution in [0.25, 0.3) is 11.6 Å². The first-order valence-corrected chi connectivity index (χ1v) is 12.1. The van der Waals surface area contributed by atoms with Gasteiger partial charge in [0.05, 0.1) is 18.3 Å². The maximum Gasteiger partial charge on any atom is 0.329 e. The van der Waals surface area contributed by atoms with Gasteiger partial charge in [0.25, 0.3) is 5.91 Å². The van der Waals surface area contributed by atoms with E-state index in [2.05, 4.69) is 42.4 Å². The highest BCUT2D eigenvalue weighted by molar-refractivity contribution is 6.16. The Balaban J connectivity index is 1.61. The van der Waals surface area contributed by atoms with E-state index in [9.17, 15) is 18.8 Å². The molecule has 8 nitrogen and oxygen atoms in total. The van der Waals surface area contributed by atoms with E-state index in [4.69, 9.17) is 4.74 Å². The van der Waals surface area contributed by atoms with E-state index in [1.54, 1.807) is 19.3 Å². The van der Waals surface area contributed by atoms with Gasteiger partial charge in [-0.2, -0.15) is 0 Å². The van der Waals surface area contributed by atoms with Gasteiger partial charge in [0.1, 0.15) is 23.8 Å². The smallest absolute Gasteiger partial charge is 0.329 e. The fourth-order valence-electron chi connectivity index (χ4n) is 4.81. The summed E-state index contributed by atoms with van der Waals surface area (Å²) in [4.78, 5) is 41.0. The number of carbonyl (C=O) groups excluding carboxylic acids is 3. The molecule has 0 atom stereocenters. The Morgan fingerprint density at radius 2 is 1.95 bits per heavy atom. The highest BCUT2D eigenvalue weighted by atomic mass is 19.1. The van der Waals surface area contributed by atoms with Crippen LogP contribution in [0.1, 0.15) is 45.2 Å². The number of hydrogen-bond acceptors (Lipinski definition) is 5. The number of nitrogens with zero attached hydrogens (tertiary/aromatic N) is 2. The first-order chi connectivity index (χ1) is 17.6. The number of ether oxygens (including phenoxy) is 1. The lowest BCUT2D eigenvalue weighted by Crippen LogP contribution is -2.45. The molecule has 2 N–H and O–H groups in total. The number of anilines is 2. The van der Waals surface area contributed by atoms with Gasteiger partial charge in [-0.1, -0.05) is 25.1 Å². The maximum atomic E-state index is 13.8. The molecule has 9 heteroatoms. The Morgan fingerprint density at radius 1 is 1.22 bits per heavy atom. The molecule has 2 aliphatic heterocycles. The average molecular weight is 507 g/mol. The van der Waals surface area contributed by atoms with Crippen LogP contribution in [0.5, 0.6) is 5.75 Å². The summed E-state index contributed by atoms with van der Waals surface area (Å²) in [6.07, 6.45) is 4.74. The first-order valence-electron chi connectivity index (χ1n) is 12.1. The van der Waals surface area contributed by atoms with Crippen LogP contribution < -0.4 is 20.3 Å². The lowest BCUT2D eigenvalue weighted by Gasteiger charge is -2.43. The van der Waals surface area contributed by atoms with E-state index < -0.39 is 30.2 Å². The highest BCUT2D eigenvalue weighted by Crippen LogP contribution is 2.42. The Hall–Kier alpha value is -4.14. The minimum absolute atomic E-state index is 0.0186. The minimum Gasteiger partial charge on any atom is -0.496 e. The van der Waals surface area contributed by atoms with E-state index in [-0.39, 0.29) is 16.9 Å². The summed E-state index contributed by atoms with van der Waals surface area (Å²) in [5, 5.41) is 4.91. The van der Waals surface area contributed by atoms with Gasteiger partial charge in [0.15, 0.2) is 0 Å². The van der Waals surface area contributed by atoms with E-state index in [1.165, 1.54) is 18.2 Å². The largest absolute Gasteiger partial charge is 0.496 e. The molecule has 1 fully saturated rings. The van der Waals surface area contributed by atoms with Crippen LogP contribution in [0.3, 0.4) is 0 Å². The third-order valence-electron chi connectivity index (χ3n) is 6.49. The summed E-state index contributed by atoms with van der Waals surface area (Å²) in [6.45, 7) is 8.83. The normalized spacial score (nSPS) is 17.5. The van der Waals surface area contributed by atoms with Crippen molar-refractivity contribution in [2.45, 2.75) is 39.7 Å². The van der Waals surface area contributed by atoms with Crippen molar-refractivity contribution < 1.29 is 23.5 Å². The molecule has 4 amide bonds. The Labute approximate surface area is 215 Å². The third-order valence-corrected chi connectivity index (χ3v) is 6.49. The molecule has 2 heterocycles. The van der Waals surface area contributed by atoms with Crippen molar-refractivity contribution in [1.82, 2.24) is 10.2 Å². The molecule has 37 heavy (non-hydrogen) atoms. The fraction of sp³-hybridized carbons (Fsp3) is 0.321. The molecule has 0 radical (unpaired) electrons. The molecule has 2 aromatic carbocycles. The molecule has 0 unspecified atom stereocenters. The van der Waals surface area contributed by atoms with Crippen LogP contribution in [-0.4, -0.2) is 48.5 Å². The van der Waals surface area contributed by atoms with Crippen LogP contribution in [-0.2, 0) is 9.59 Å². The number of benzene rings is 2. The third kappa shape index (κ3) is 5.07. The van der Waals surface area contributed by atoms with Crippen molar-refractivity contribution in [3.63, 3.8) is 0 Å². The molecule has 0 aliphatic carbocycles. The number of carbonyl (C=O) groups is 3. The summed E-state index contributed by atoms with van der Waals surface area (Å²) >= 11 is 0. The van der Waals surface area contributed by atoms with E-state index in [0.29, 0.717) is 11.3 Å². The van der Waals surface area contributed by atoms with Crippen molar-refractivity contribution in [3.05, 3.63) is 65.1 Å². The standard InChI is InChI=1S/C28H31FN4O4/c1-6-11-33-23-14-24(37-5)18(12-19(23)17(2)15-28(33,3)4)13-22-26(35)32(27(36)31-22)16-25(34)30-21-10-8-7-9-20(21)29/h7-10,12-15H,6,11,16H2,1-5H3,(H,30,34)(H,31,36)/b22-13+. The maximum absolute atomic E-state index is 13.8. The Morgan fingerprint density at radius 3 is 2.62 bits per heavy atom. The molecule has 0 aromatic heterocycles. The van der Waals surface area contributed by atoms with Crippen molar-refractivity contribution in [1.29, 1.82) is 0 Å². The van der Waals surface area contributed by atoms with Gasteiger partial charge in [0, 0.05) is 29.4 Å². The molecule has 1 saturated heterocycles. The highest BCUT2D eigenvalue weighted by Gasteiger charge is 2.36. The van der Waals surface area contributed by atoms with Gasteiger partial charge in [-0.05, 0) is 57.0 Å². The van der Waals surface area contributed by atoms with Gasteiger partial charge in [-0.25, -0.2) is 14.1 Å². The van der Waals surface area contributed by atoms with Gasteiger partial charge < -0.3 is 20.3 Å². The van der Waals surface area contributed by atoms with E-state index in [0.717, 1.165) is 34.7 Å². The monoisotopic (exact) mass is 506 g/mol. The van der Waals surface area contributed by atoms with Crippen molar-refractivity contribution >= 4 is 40.9 Å². The summed E-state index contributed by atoms with van der Waals surface area (Å²) < 4.78 is 19.5. The summed E-state index contributed by atoms with van der Waals surface area (Å²) in [7, 11) is 1.55. The van der Waals surface area contributed by atoms with Gasteiger partial charge >= 0.3 is 6.03 Å². The predicted octanol–water partition coefficient (Wildman–Crippen LogP) is 4.78. The molecule has 2 aromatic rings. The molecule has 4 rings (SSSR count). The van der Waals surface area contributed by atoms with Gasteiger partial charge in [-0.15, -0.1) is 0 Å². The molecule has 2 aliphatic rings. The van der Waals surface area contributed by atoms with Crippen LogP contribution in [0.15, 0.2) is 48.2 Å². The zero-order valence-corrected chi connectivity index (χ0v) is 21.6. The van der Waals surface area contributed by atoms with Gasteiger partial charge in [0.2, 0.25) is 5.91 Å². The molecule has 0 saturated carbocycles. The second kappa shape index (κ2) is 10.1. The van der Waals surface area contributed by atoms with E-state index in [1.807, 2.05) is 19.1 Å². The van der Waals surface area contributed by atoms with Crippen LogP contribution in [0.4, 0.5) is 20.6 Å². The zero-order valence-electron chi connectivity index (χ0n) is 21.6. The van der Waals surface area contributed by atoms with Crippen molar-refractivity contribution in [2.75, 3.05) is 30.4 Å². The second-order valence-electron chi connectivity index (χ2n) is 9.65. The van der Waals surface area contributed by atoms with Crippen LogP contribution >= 0.6 is 0 Å². The lowest BCUT2D eigenvalue weighted by molar-refractivity contribution is -0.127. The Bertz CT molecular complexity index is 1330. The number of hydrogen-bond donors (Lipinski definition) is 2. The number of amides is 4. The van der Waals surface area contributed by atoms with E-state index >= 15 is 0 Å². The second-order valence-corrected chi connectivity index (χ2v) is 9.65. The number of urea groups is 1. The Kier molecular flexibility index (Phi) is 7.07. The first kappa shape index (κ1) is 25.9. The van der Waals surface area contributed by atoms with Crippen LogP contribution in [0, 0.1) is 5.82 Å². The quantitative estimate of drug-likeness (QED) is 0.417. The minimum atomic E-state index is -0.733. The molecule has 194 valence electrons. The number of rotatable bonds is 7. The number of fused-ring (bicyclic) bond motifs is 1. The van der Waals surface area contributed by atoms with Crippen molar-refractivity contribution in [2.24, 2.45) is 0 Å². The lowest BCUT2D eigenvalue weighted by atomic mass is 9.87. The number of halogens is 1. The molecule has 0 bridgehead atoms. The number of para-hydroxylation sites is 1. The topological polar surface area (TPSA) is 91.0 Å². The summed E-state index contributed by atoms with van der Waals surface area (Å²) in [6, 6.07) is 8.83. The van der Waals surface area contributed by atoms with Crippen molar-refractivity contribution in [3.8, 4) is 5.75 Å². The zero-order chi connectivity index (χ0) is 26.9. The SMILES string of the molecule is CCCN1c2cc(OC)c(/C=C3/NC(=O)N(CC(=O)Nc4ccccc4F)C3=O)cc2C(C)=CC1(C)C. The van der Waals surface area contributed by atoms with Crippen LogP contribution in [0.2, 0.25) is 0 Å². The summed E-state index contributed by atoms with van der Waals surface area (Å²) in [5.41, 5.74) is 3.59. The molecular weight excluding hydrogens is 475 g/mol. The number of nitrogens with one attached hydrogen (secondary N) is 2. The molecule has 0 spiro atoms.